The number of rotatable bonds is 3. The van der Waals surface area contributed by atoms with E-state index in [1.165, 1.54) is 30.5 Å². The van der Waals surface area contributed by atoms with Gasteiger partial charge in [0.05, 0.1) is 22.6 Å². The molecule has 2 N–H and O–H groups in total. The van der Waals surface area contributed by atoms with Gasteiger partial charge in [0.15, 0.2) is 0 Å². The van der Waals surface area contributed by atoms with Gasteiger partial charge in [-0.25, -0.2) is 14.2 Å². The highest BCUT2D eigenvalue weighted by Crippen LogP contribution is 2.25. The van der Waals surface area contributed by atoms with Crippen molar-refractivity contribution < 1.29 is 14.3 Å². The third-order valence-corrected chi connectivity index (χ3v) is 2.51. The second-order valence-corrected chi connectivity index (χ2v) is 3.89. The summed E-state index contributed by atoms with van der Waals surface area (Å²) in [5.41, 5.74) is 1.03. The van der Waals surface area contributed by atoms with Gasteiger partial charge in [-0.2, -0.15) is 0 Å². The first-order valence-electron chi connectivity index (χ1n) is 4.97. The number of aromatic nitrogens is 1. The Hall–Kier alpha value is -2.14. The molecule has 0 saturated carbocycles. The number of anilines is 2. The summed E-state index contributed by atoms with van der Waals surface area (Å²) in [6.07, 6.45) is 1.36. The normalized spacial score (nSPS) is 10.1. The van der Waals surface area contributed by atoms with Crippen LogP contribution in [0.25, 0.3) is 0 Å². The number of hydrogen-bond acceptors (Lipinski definition) is 3. The highest BCUT2D eigenvalue weighted by atomic mass is 35.5. The quantitative estimate of drug-likeness (QED) is 0.895. The molecule has 0 atom stereocenters. The number of carboxylic acids is 1. The number of carbonyl (C=O) groups is 1. The molecule has 2 aromatic rings. The number of nitrogens with zero attached hydrogens (tertiary/aromatic N) is 1. The molecule has 0 aliphatic heterocycles. The van der Waals surface area contributed by atoms with Gasteiger partial charge in [0.2, 0.25) is 0 Å². The molecular weight excluding hydrogens is 259 g/mol. The smallest absolute Gasteiger partial charge is 0.354 e. The maximum absolute atomic E-state index is 12.8. The number of halogens is 2. The van der Waals surface area contributed by atoms with Crippen molar-refractivity contribution in [3.8, 4) is 0 Å². The molecule has 0 bridgehead atoms. The van der Waals surface area contributed by atoms with Gasteiger partial charge >= 0.3 is 5.97 Å². The topological polar surface area (TPSA) is 62.2 Å². The van der Waals surface area contributed by atoms with Crippen molar-refractivity contribution >= 4 is 28.9 Å². The summed E-state index contributed by atoms with van der Waals surface area (Å²) in [7, 11) is 0. The van der Waals surface area contributed by atoms with E-state index in [0.29, 0.717) is 11.4 Å². The van der Waals surface area contributed by atoms with Crippen LogP contribution in [-0.4, -0.2) is 16.1 Å². The van der Waals surface area contributed by atoms with Gasteiger partial charge in [-0.05, 0) is 30.3 Å². The van der Waals surface area contributed by atoms with Crippen LogP contribution in [0.2, 0.25) is 5.02 Å². The van der Waals surface area contributed by atoms with E-state index >= 15 is 0 Å². The predicted octanol–water partition coefficient (Wildman–Crippen LogP) is 3.32. The molecule has 0 aliphatic carbocycles. The van der Waals surface area contributed by atoms with Crippen LogP contribution in [0.4, 0.5) is 15.8 Å². The fourth-order valence-corrected chi connectivity index (χ4v) is 1.56. The summed E-state index contributed by atoms with van der Waals surface area (Å²) in [5.74, 6) is -1.52. The standard InChI is InChI=1S/C12H8ClFN2O2/c13-9-5-7(14)1-3-10(9)16-8-2-4-11(12(17)18)15-6-8/h1-6,16H,(H,17,18). The van der Waals surface area contributed by atoms with Gasteiger partial charge in [0, 0.05) is 0 Å². The van der Waals surface area contributed by atoms with Crippen LogP contribution < -0.4 is 5.32 Å². The predicted molar refractivity (Wildman–Crippen MR) is 65.9 cm³/mol. The van der Waals surface area contributed by atoms with Gasteiger partial charge in [0.1, 0.15) is 11.5 Å². The van der Waals surface area contributed by atoms with Gasteiger partial charge in [-0.1, -0.05) is 11.6 Å². The SMILES string of the molecule is O=C(O)c1ccc(Nc2ccc(F)cc2Cl)cn1. The fraction of sp³-hybridized carbons (Fsp3) is 0. The van der Waals surface area contributed by atoms with Crippen molar-refractivity contribution in [2.24, 2.45) is 0 Å². The maximum Gasteiger partial charge on any atom is 0.354 e. The van der Waals surface area contributed by atoms with E-state index in [-0.39, 0.29) is 10.7 Å². The Kier molecular flexibility index (Phi) is 3.43. The third kappa shape index (κ3) is 2.75. The van der Waals surface area contributed by atoms with Crippen molar-refractivity contribution in [1.82, 2.24) is 4.98 Å². The number of carboxylic acid groups (broad SMARTS) is 1. The molecule has 1 aromatic carbocycles. The zero-order chi connectivity index (χ0) is 13.1. The highest BCUT2D eigenvalue weighted by molar-refractivity contribution is 6.33. The monoisotopic (exact) mass is 266 g/mol. The molecule has 2 rings (SSSR count). The molecule has 0 radical (unpaired) electrons. The fourth-order valence-electron chi connectivity index (χ4n) is 1.34. The maximum atomic E-state index is 12.8. The Bertz CT molecular complexity index is 587. The number of pyridine rings is 1. The summed E-state index contributed by atoms with van der Waals surface area (Å²) in [6, 6.07) is 6.86. The molecular formula is C12H8ClFN2O2. The van der Waals surface area contributed by atoms with Gasteiger partial charge < -0.3 is 10.4 Å². The van der Waals surface area contributed by atoms with E-state index in [1.54, 1.807) is 6.07 Å². The minimum Gasteiger partial charge on any atom is -0.477 e. The number of aromatic carboxylic acids is 1. The molecule has 0 spiro atoms. The van der Waals surface area contributed by atoms with Gasteiger partial charge in [-0.3, -0.25) is 0 Å². The summed E-state index contributed by atoms with van der Waals surface area (Å²) < 4.78 is 12.8. The lowest BCUT2D eigenvalue weighted by atomic mass is 10.3. The van der Waals surface area contributed by atoms with Crippen LogP contribution in [0.15, 0.2) is 36.5 Å². The summed E-state index contributed by atoms with van der Waals surface area (Å²) in [6.45, 7) is 0. The van der Waals surface area contributed by atoms with Crippen molar-refractivity contribution in [3.63, 3.8) is 0 Å². The van der Waals surface area contributed by atoms with E-state index < -0.39 is 11.8 Å². The minimum absolute atomic E-state index is 0.0502. The Labute approximate surface area is 107 Å². The summed E-state index contributed by atoms with van der Waals surface area (Å²) in [5, 5.41) is 11.8. The Morgan fingerprint density at radius 1 is 1.33 bits per heavy atom. The van der Waals surface area contributed by atoms with Crippen LogP contribution in [0.1, 0.15) is 10.5 Å². The lowest BCUT2D eigenvalue weighted by molar-refractivity contribution is 0.0690. The minimum atomic E-state index is -1.10. The molecule has 1 aromatic heterocycles. The van der Waals surface area contributed by atoms with E-state index in [9.17, 15) is 9.18 Å². The molecule has 0 unspecified atom stereocenters. The van der Waals surface area contributed by atoms with Crippen molar-refractivity contribution in [2.45, 2.75) is 0 Å². The average Bonchev–Trinajstić information content (AvgIpc) is 2.33. The highest BCUT2D eigenvalue weighted by Gasteiger charge is 2.05. The lowest BCUT2D eigenvalue weighted by Crippen LogP contribution is -2.00. The van der Waals surface area contributed by atoms with E-state index in [0.717, 1.165) is 0 Å². The number of nitrogens with one attached hydrogen (secondary N) is 1. The molecule has 1 heterocycles. The van der Waals surface area contributed by atoms with Gasteiger partial charge in [-0.15, -0.1) is 0 Å². The first-order chi connectivity index (χ1) is 8.56. The molecule has 0 fully saturated rings. The van der Waals surface area contributed by atoms with Crippen molar-refractivity contribution in [2.75, 3.05) is 5.32 Å². The van der Waals surface area contributed by atoms with Crippen LogP contribution in [-0.2, 0) is 0 Å². The molecule has 4 nitrogen and oxygen atoms in total. The molecule has 0 aliphatic rings. The van der Waals surface area contributed by atoms with Gasteiger partial charge in [0.25, 0.3) is 0 Å². The largest absolute Gasteiger partial charge is 0.477 e. The zero-order valence-electron chi connectivity index (χ0n) is 9.02. The molecule has 92 valence electrons. The molecule has 18 heavy (non-hydrogen) atoms. The Morgan fingerprint density at radius 2 is 2.11 bits per heavy atom. The second-order valence-electron chi connectivity index (χ2n) is 3.49. The van der Waals surface area contributed by atoms with E-state index in [4.69, 9.17) is 16.7 Å². The Morgan fingerprint density at radius 3 is 2.67 bits per heavy atom. The number of benzene rings is 1. The van der Waals surface area contributed by atoms with Crippen LogP contribution in [0, 0.1) is 5.82 Å². The first kappa shape index (κ1) is 12.3. The van der Waals surface area contributed by atoms with E-state index in [1.807, 2.05) is 0 Å². The summed E-state index contributed by atoms with van der Waals surface area (Å²) in [4.78, 5) is 14.4. The van der Waals surface area contributed by atoms with Crippen LogP contribution >= 0.6 is 11.6 Å². The third-order valence-electron chi connectivity index (χ3n) is 2.19. The first-order valence-corrected chi connectivity index (χ1v) is 5.35. The van der Waals surface area contributed by atoms with Crippen molar-refractivity contribution in [3.05, 3.63) is 53.1 Å². The Balaban J connectivity index is 2.21. The number of hydrogen-bond donors (Lipinski definition) is 2. The van der Waals surface area contributed by atoms with Crippen molar-refractivity contribution in [1.29, 1.82) is 0 Å². The average molecular weight is 267 g/mol. The van der Waals surface area contributed by atoms with Crippen LogP contribution in [0.5, 0.6) is 0 Å². The molecule has 6 heteroatoms. The van der Waals surface area contributed by atoms with Crippen LogP contribution in [0.3, 0.4) is 0 Å². The molecule has 0 amide bonds. The van der Waals surface area contributed by atoms with E-state index in [2.05, 4.69) is 10.3 Å². The zero-order valence-corrected chi connectivity index (χ0v) is 9.78. The lowest BCUT2D eigenvalue weighted by Gasteiger charge is -2.08. The summed E-state index contributed by atoms with van der Waals surface area (Å²) >= 11 is 5.84. The molecule has 0 saturated heterocycles. The second kappa shape index (κ2) is 5.01.